The number of unbranched alkanes of at least 4 members (excludes halogenated alkanes) is 10. The fraction of sp³-hybridized carbons (Fsp3) is 0.864. The van der Waals surface area contributed by atoms with Gasteiger partial charge in [-0.25, -0.2) is 9.36 Å². The van der Waals surface area contributed by atoms with E-state index in [1.807, 2.05) is 5.32 Å². The molecule has 3 unspecified atom stereocenters. The number of ether oxygens (including phenoxy) is 1. The average Bonchev–Trinajstić information content (AvgIpc) is 2.77. The third kappa shape index (κ3) is 19.9. The first kappa shape index (κ1) is 32.5. The average molecular weight is 512 g/mol. The Morgan fingerprint density at radius 1 is 0.853 bits per heavy atom. The number of hydrogen-bond acceptors (Lipinski definition) is 8. The molecular weight excluding hydrogens is 469 g/mol. The Morgan fingerprint density at radius 2 is 1.35 bits per heavy atom. The number of nitrogens with one attached hydrogen (secondary N) is 1. The number of esters is 1. The van der Waals surface area contributed by atoms with E-state index in [2.05, 4.69) is 16.0 Å². The molecule has 200 valence electrons. The molecule has 0 radical (unpaired) electrons. The van der Waals surface area contributed by atoms with E-state index in [-0.39, 0.29) is 6.42 Å². The molecule has 1 amide bonds. The minimum absolute atomic E-state index is 0.228. The number of aliphatic carboxylic acids is 1. The quantitative estimate of drug-likeness (QED) is 0.0961. The summed E-state index contributed by atoms with van der Waals surface area (Å²) in [5.74, 6) is -2.59. The summed E-state index contributed by atoms with van der Waals surface area (Å²) in [6, 6.07) is -1.54. The minimum atomic E-state index is -4.69. The van der Waals surface area contributed by atoms with Crippen molar-refractivity contribution >= 4 is 25.7 Å². The number of phosphoric acid groups is 1. The molecule has 0 bridgehead atoms. The number of hydrogen-bond donors (Lipinski definition) is 4. The van der Waals surface area contributed by atoms with E-state index in [1.165, 1.54) is 44.9 Å². The van der Waals surface area contributed by atoms with Gasteiger partial charge in [0.1, 0.15) is 12.7 Å². The molecule has 0 aliphatic heterocycles. The lowest BCUT2D eigenvalue weighted by atomic mass is 10.1. The molecule has 0 saturated heterocycles. The SMILES string of the molecule is CCCCCCCCCCCCCC(=O)OCC(O)COP(=O)(O)OCC(NC(C)=O)C(=O)O. The Balaban J connectivity index is 3.84. The highest BCUT2D eigenvalue weighted by molar-refractivity contribution is 7.47. The van der Waals surface area contributed by atoms with E-state index >= 15 is 0 Å². The molecule has 0 aromatic rings. The van der Waals surface area contributed by atoms with Gasteiger partial charge in [0.15, 0.2) is 6.04 Å². The van der Waals surface area contributed by atoms with Crippen LogP contribution in [0, 0.1) is 0 Å². The molecule has 0 saturated carbocycles. The van der Waals surface area contributed by atoms with Crippen molar-refractivity contribution in [2.24, 2.45) is 0 Å². The van der Waals surface area contributed by atoms with Gasteiger partial charge in [0.25, 0.3) is 0 Å². The monoisotopic (exact) mass is 511 g/mol. The smallest absolute Gasteiger partial charge is 0.472 e. The van der Waals surface area contributed by atoms with Crippen molar-refractivity contribution in [3.05, 3.63) is 0 Å². The van der Waals surface area contributed by atoms with Crippen LogP contribution in [0.1, 0.15) is 90.9 Å². The summed E-state index contributed by atoms with van der Waals surface area (Å²) in [6.07, 6.45) is 11.7. The van der Waals surface area contributed by atoms with Crippen LogP contribution in [0.4, 0.5) is 0 Å². The first-order valence-corrected chi connectivity index (χ1v) is 13.5. The number of carbonyl (C=O) groups is 3. The third-order valence-corrected chi connectivity index (χ3v) is 5.88. The van der Waals surface area contributed by atoms with E-state index in [0.717, 1.165) is 26.2 Å². The number of carbonyl (C=O) groups excluding carboxylic acids is 2. The molecule has 4 N–H and O–H groups in total. The molecule has 0 rings (SSSR count). The van der Waals surface area contributed by atoms with Crippen LogP contribution in [0.2, 0.25) is 0 Å². The summed E-state index contributed by atoms with van der Waals surface area (Å²) in [6.45, 7) is 1.39. The molecule has 0 aliphatic carbocycles. The van der Waals surface area contributed by atoms with Crippen LogP contribution in [0.25, 0.3) is 0 Å². The zero-order chi connectivity index (χ0) is 25.8. The maximum Gasteiger partial charge on any atom is 0.472 e. The molecule has 11 nitrogen and oxygen atoms in total. The lowest BCUT2D eigenvalue weighted by molar-refractivity contribution is -0.147. The lowest BCUT2D eigenvalue weighted by Gasteiger charge is -2.18. The highest BCUT2D eigenvalue weighted by Crippen LogP contribution is 2.43. The summed E-state index contributed by atoms with van der Waals surface area (Å²) in [5, 5.41) is 20.7. The summed E-state index contributed by atoms with van der Waals surface area (Å²) < 4.78 is 25.8. The predicted molar refractivity (Wildman–Crippen MR) is 125 cm³/mol. The fourth-order valence-corrected chi connectivity index (χ4v) is 3.82. The van der Waals surface area contributed by atoms with Crippen LogP contribution in [0.5, 0.6) is 0 Å². The number of phosphoric ester groups is 1. The highest BCUT2D eigenvalue weighted by Gasteiger charge is 2.28. The molecule has 12 heteroatoms. The molecule has 0 aromatic heterocycles. The van der Waals surface area contributed by atoms with Gasteiger partial charge in [-0.05, 0) is 6.42 Å². The lowest BCUT2D eigenvalue weighted by Crippen LogP contribution is -2.42. The van der Waals surface area contributed by atoms with Gasteiger partial charge in [-0.1, -0.05) is 71.1 Å². The maximum absolute atomic E-state index is 11.8. The second-order valence-corrected chi connectivity index (χ2v) is 9.73. The van der Waals surface area contributed by atoms with E-state index < -0.39 is 57.6 Å². The molecule has 0 fully saturated rings. The summed E-state index contributed by atoms with van der Waals surface area (Å²) in [5.41, 5.74) is 0. The van der Waals surface area contributed by atoms with Crippen molar-refractivity contribution in [2.75, 3.05) is 19.8 Å². The Morgan fingerprint density at radius 3 is 1.85 bits per heavy atom. The first-order valence-electron chi connectivity index (χ1n) is 12.0. The van der Waals surface area contributed by atoms with Crippen LogP contribution in [-0.2, 0) is 32.7 Å². The zero-order valence-corrected chi connectivity index (χ0v) is 21.3. The van der Waals surface area contributed by atoms with E-state index in [1.54, 1.807) is 0 Å². The number of rotatable bonds is 22. The van der Waals surface area contributed by atoms with Crippen LogP contribution in [0.3, 0.4) is 0 Å². The summed E-state index contributed by atoms with van der Waals surface area (Å²) in [4.78, 5) is 43.2. The van der Waals surface area contributed by atoms with Crippen molar-refractivity contribution < 1.29 is 47.8 Å². The minimum Gasteiger partial charge on any atom is -0.480 e. The van der Waals surface area contributed by atoms with Gasteiger partial charge in [-0.15, -0.1) is 0 Å². The van der Waals surface area contributed by atoms with Crippen molar-refractivity contribution in [3.8, 4) is 0 Å². The number of amides is 1. The largest absolute Gasteiger partial charge is 0.480 e. The van der Waals surface area contributed by atoms with Crippen molar-refractivity contribution in [3.63, 3.8) is 0 Å². The van der Waals surface area contributed by atoms with Gasteiger partial charge in [0.2, 0.25) is 5.91 Å². The number of aliphatic hydroxyl groups excluding tert-OH is 1. The normalized spacial score (nSPS) is 14.7. The molecule has 0 aromatic carbocycles. The maximum atomic E-state index is 11.8. The van der Waals surface area contributed by atoms with Gasteiger partial charge in [0, 0.05) is 13.3 Å². The standard InChI is InChI=1S/C22H42NO10P/c1-3-4-5-6-7-8-9-10-11-12-13-14-21(26)31-15-19(25)16-32-34(29,30)33-17-20(22(27)28)23-18(2)24/h19-20,25H,3-17H2,1-2H3,(H,23,24)(H,27,28)(H,29,30). The second kappa shape index (κ2) is 19.8. The van der Waals surface area contributed by atoms with E-state index in [0.29, 0.717) is 6.42 Å². The summed E-state index contributed by atoms with van der Waals surface area (Å²) in [7, 11) is -4.69. The van der Waals surface area contributed by atoms with Crippen LogP contribution in [0.15, 0.2) is 0 Å². The molecule has 0 heterocycles. The molecule has 0 aliphatic rings. The van der Waals surface area contributed by atoms with Gasteiger partial charge < -0.3 is 25.2 Å². The van der Waals surface area contributed by atoms with Gasteiger partial charge >= 0.3 is 19.8 Å². The van der Waals surface area contributed by atoms with Crippen molar-refractivity contribution in [1.82, 2.24) is 5.32 Å². The fourth-order valence-electron chi connectivity index (χ4n) is 3.05. The van der Waals surface area contributed by atoms with Gasteiger partial charge in [-0.3, -0.25) is 18.6 Å². The van der Waals surface area contributed by atoms with Crippen molar-refractivity contribution in [1.29, 1.82) is 0 Å². The molecule has 3 atom stereocenters. The highest BCUT2D eigenvalue weighted by atomic mass is 31.2. The molecular formula is C22H42NO10P. The van der Waals surface area contributed by atoms with E-state index in [9.17, 15) is 28.9 Å². The second-order valence-electron chi connectivity index (χ2n) is 8.27. The number of carboxylic acids is 1. The predicted octanol–water partition coefficient (Wildman–Crippen LogP) is 3.31. The van der Waals surface area contributed by atoms with Crippen molar-refractivity contribution in [2.45, 2.75) is 103 Å². The Hall–Kier alpha value is -1.52. The van der Waals surface area contributed by atoms with Crippen LogP contribution < -0.4 is 5.32 Å². The summed E-state index contributed by atoms with van der Waals surface area (Å²) >= 11 is 0. The first-order chi connectivity index (χ1) is 16.1. The number of carboxylic acid groups (broad SMARTS) is 1. The third-order valence-electron chi connectivity index (χ3n) is 4.93. The van der Waals surface area contributed by atoms with Crippen LogP contribution in [-0.4, -0.2) is 64.9 Å². The Bertz CT molecular complexity index is 631. The molecule has 34 heavy (non-hydrogen) atoms. The van der Waals surface area contributed by atoms with Crippen LogP contribution >= 0.6 is 7.82 Å². The topological polar surface area (TPSA) is 169 Å². The molecule has 0 spiro atoms. The Labute approximate surface area is 202 Å². The number of aliphatic hydroxyl groups is 1. The zero-order valence-electron chi connectivity index (χ0n) is 20.4. The van der Waals surface area contributed by atoms with E-state index in [4.69, 9.17) is 9.84 Å². The van der Waals surface area contributed by atoms with Gasteiger partial charge in [0.05, 0.1) is 13.2 Å². The Kier molecular flexibility index (Phi) is 18.9. The van der Waals surface area contributed by atoms with Gasteiger partial charge in [-0.2, -0.15) is 0 Å².